The number of hydrogen-bond acceptors (Lipinski definition) is 4. The van der Waals surface area contributed by atoms with Crippen LogP contribution in [-0.4, -0.2) is 32.0 Å². The van der Waals surface area contributed by atoms with Gasteiger partial charge in [-0.3, -0.25) is 9.10 Å². The Hall–Kier alpha value is -3.62. The van der Waals surface area contributed by atoms with Gasteiger partial charge in [0.05, 0.1) is 10.6 Å². The minimum absolute atomic E-state index is 0.0278. The number of rotatable bonds is 10. The molecule has 0 aliphatic carbocycles. The van der Waals surface area contributed by atoms with E-state index in [1.54, 1.807) is 17.0 Å². The Morgan fingerprint density at radius 3 is 1.86 bits per heavy atom. The Labute approximate surface area is 221 Å². The average molecular weight is 535 g/mol. The van der Waals surface area contributed by atoms with Crippen molar-refractivity contribution in [3.63, 3.8) is 0 Å². The van der Waals surface area contributed by atoms with Crippen LogP contribution in [0.25, 0.3) is 0 Å². The lowest BCUT2D eigenvalue weighted by Crippen LogP contribution is -2.42. The molecule has 0 aromatic heterocycles. The van der Waals surface area contributed by atoms with Crippen LogP contribution in [0.2, 0.25) is 0 Å². The van der Waals surface area contributed by atoms with Crippen molar-refractivity contribution < 1.29 is 17.6 Å². The molecule has 0 aliphatic heterocycles. The van der Waals surface area contributed by atoms with E-state index in [1.165, 1.54) is 42.1 Å². The van der Waals surface area contributed by atoms with E-state index < -0.39 is 28.3 Å². The molecule has 0 aliphatic rings. The Bertz CT molecular complexity index is 1390. The van der Waals surface area contributed by atoms with Gasteiger partial charge in [0.2, 0.25) is 5.91 Å². The third-order valence-corrected chi connectivity index (χ3v) is 8.34. The zero-order chi connectivity index (χ0) is 26.3. The average Bonchev–Trinajstić information content (AvgIpc) is 2.92. The number of halogens is 1. The van der Waals surface area contributed by atoms with Gasteiger partial charge in [-0.1, -0.05) is 66.7 Å². The lowest BCUT2D eigenvalue weighted by atomic mass is 10.1. The minimum Gasteiger partial charge on any atom is -0.332 e. The highest BCUT2D eigenvalue weighted by atomic mass is 32.2. The fourth-order valence-electron chi connectivity index (χ4n) is 3.88. The quantitative estimate of drug-likeness (QED) is 0.235. The smallest absolute Gasteiger partial charge is 0.264 e. The van der Waals surface area contributed by atoms with Gasteiger partial charge >= 0.3 is 0 Å². The second-order valence-electron chi connectivity index (χ2n) is 8.39. The standard InChI is InChI=1S/C29H27FN2O3S2/c1-36-27-15-17-28(18-16-27)37(34,35)32(26-14-8-13-25(30)19-26)22-29(33)31(20-23-9-4-2-5-10-23)21-24-11-6-3-7-12-24/h2-19H,20-22H2,1H3. The Morgan fingerprint density at radius 2 is 1.35 bits per heavy atom. The largest absolute Gasteiger partial charge is 0.332 e. The number of carbonyl (C=O) groups excluding carboxylic acids is 1. The Balaban J connectivity index is 1.69. The number of amides is 1. The SMILES string of the molecule is CSc1ccc(S(=O)(=O)N(CC(=O)N(Cc2ccccc2)Cc2ccccc2)c2cccc(F)c2)cc1. The molecule has 0 fully saturated rings. The van der Waals surface area contributed by atoms with Crippen LogP contribution < -0.4 is 4.31 Å². The topological polar surface area (TPSA) is 57.7 Å². The lowest BCUT2D eigenvalue weighted by Gasteiger charge is -2.29. The number of benzene rings is 4. The maximum atomic E-state index is 14.2. The van der Waals surface area contributed by atoms with Gasteiger partial charge in [0.15, 0.2) is 0 Å². The van der Waals surface area contributed by atoms with Gasteiger partial charge in [-0.15, -0.1) is 11.8 Å². The predicted molar refractivity (Wildman–Crippen MR) is 146 cm³/mol. The normalized spacial score (nSPS) is 11.2. The molecule has 0 saturated heterocycles. The molecule has 0 unspecified atom stereocenters. The summed E-state index contributed by atoms with van der Waals surface area (Å²) in [6.45, 7) is 0.123. The molecule has 37 heavy (non-hydrogen) atoms. The molecule has 4 rings (SSSR count). The summed E-state index contributed by atoms with van der Waals surface area (Å²) in [4.78, 5) is 16.3. The minimum atomic E-state index is -4.16. The molecule has 0 atom stereocenters. The van der Waals surface area contributed by atoms with Crippen LogP contribution in [0.5, 0.6) is 0 Å². The first-order valence-electron chi connectivity index (χ1n) is 11.6. The van der Waals surface area contributed by atoms with E-state index in [-0.39, 0.29) is 10.6 Å². The van der Waals surface area contributed by atoms with Crippen molar-refractivity contribution in [1.29, 1.82) is 0 Å². The van der Waals surface area contributed by atoms with E-state index in [4.69, 9.17) is 0 Å². The molecule has 0 spiro atoms. The monoisotopic (exact) mass is 534 g/mol. The van der Waals surface area contributed by atoms with Gasteiger partial charge < -0.3 is 4.90 Å². The number of hydrogen-bond donors (Lipinski definition) is 0. The van der Waals surface area contributed by atoms with Gasteiger partial charge in [0.1, 0.15) is 12.4 Å². The van der Waals surface area contributed by atoms with E-state index in [1.807, 2.05) is 66.9 Å². The van der Waals surface area contributed by atoms with Crippen molar-refractivity contribution in [3.8, 4) is 0 Å². The molecule has 5 nitrogen and oxygen atoms in total. The summed E-state index contributed by atoms with van der Waals surface area (Å²) in [5, 5.41) is 0. The van der Waals surface area contributed by atoms with Gasteiger partial charge in [-0.25, -0.2) is 12.8 Å². The first-order valence-corrected chi connectivity index (χ1v) is 14.3. The molecular weight excluding hydrogens is 507 g/mol. The molecule has 0 heterocycles. The fourth-order valence-corrected chi connectivity index (χ4v) is 5.70. The van der Waals surface area contributed by atoms with Gasteiger partial charge in [0.25, 0.3) is 10.0 Å². The van der Waals surface area contributed by atoms with E-state index in [2.05, 4.69) is 0 Å². The van der Waals surface area contributed by atoms with Crippen molar-refractivity contribution in [3.05, 3.63) is 126 Å². The predicted octanol–water partition coefficient (Wildman–Crippen LogP) is 5.97. The summed E-state index contributed by atoms with van der Waals surface area (Å²) in [7, 11) is -4.16. The maximum Gasteiger partial charge on any atom is 0.264 e. The summed E-state index contributed by atoms with van der Waals surface area (Å²) >= 11 is 1.49. The molecule has 0 radical (unpaired) electrons. The number of thioether (sulfide) groups is 1. The summed E-state index contributed by atoms with van der Waals surface area (Å²) in [6, 6.07) is 30.7. The zero-order valence-electron chi connectivity index (χ0n) is 20.3. The first-order chi connectivity index (χ1) is 17.9. The van der Waals surface area contributed by atoms with Crippen molar-refractivity contribution in [2.75, 3.05) is 17.1 Å². The number of carbonyl (C=O) groups is 1. The third kappa shape index (κ3) is 6.78. The van der Waals surface area contributed by atoms with Crippen LogP contribution in [0.4, 0.5) is 10.1 Å². The molecule has 8 heteroatoms. The Kier molecular flexibility index (Phi) is 8.63. The van der Waals surface area contributed by atoms with Crippen molar-refractivity contribution >= 4 is 33.4 Å². The molecule has 0 saturated carbocycles. The molecule has 0 bridgehead atoms. The fraction of sp³-hybridized carbons (Fsp3) is 0.138. The molecule has 4 aromatic rings. The van der Waals surface area contributed by atoms with Gasteiger partial charge in [-0.2, -0.15) is 0 Å². The van der Waals surface area contributed by atoms with Crippen LogP contribution in [0.3, 0.4) is 0 Å². The van der Waals surface area contributed by atoms with Gasteiger partial charge in [0, 0.05) is 18.0 Å². The second kappa shape index (κ2) is 12.1. The van der Waals surface area contributed by atoms with Crippen molar-refractivity contribution in [2.24, 2.45) is 0 Å². The zero-order valence-corrected chi connectivity index (χ0v) is 22.0. The van der Waals surface area contributed by atoms with Crippen LogP contribution >= 0.6 is 11.8 Å². The highest BCUT2D eigenvalue weighted by Crippen LogP contribution is 2.26. The van der Waals surface area contributed by atoms with Crippen LogP contribution in [0.15, 0.2) is 119 Å². The number of anilines is 1. The molecule has 190 valence electrons. The second-order valence-corrected chi connectivity index (χ2v) is 11.1. The van der Waals surface area contributed by atoms with E-state index >= 15 is 0 Å². The van der Waals surface area contributed by atoms with E-state index in [0.29, 0.717) is 13.1 Å². The maximum absolute atomic E-state index is 14.2. The van der Waals surface area contributed by atoms with Crippen molar-refractivity contribution in [1.82, 2.24) is 4.90 Å². The third-order valence-electron chi connectivity index (χ3n) is 5.81. The summed E-state index contributed by atoms with van der Waals surface area (Å²) in [5.41, 5.74) is 1.92. The van der Waals surface area contributed by atoms with Crippen LogP contribution in [-0.2, 0) is 27.9 Å². The molecular formula is C29H27FN2O3S2. The molecule has 4 aromatic carbocycles. The molecule has 1 amide bonds. The first kappa shape index (κ1) is 26.4. The van der Waals surface area contributed by atoms with Crippen LogP contribution in [0.1, 0.15) is 11.1 Å². The molecule has 0 N–H and O–H groups in total. The number of nitrogens with zero attached hydrogens (tertiary/aromatic N) is 2. The summed E-state index contributed by atoms with van der Waals surface area (Å²) in [6.07, 6.45) is 1.90. The summed E-state index contributed by atoms with van der Waals surface area (Å²) < 4.78 is 42.6. The van der Waals surface area contributed by atoms with E-state index in [9.17, 15) is 17.6 Å². The summed E-state index contributed by atoms with van der Waals surface area (Å²) in [5.74, 6) is -0.991. The van der Waals surface area contributed by atoms with Crippen molar-refractivity contribution in [2.45, 2.75) is 22.9 Å². The van der Waals surface area contributed by atoms with Crippen LogP contribution in [0, 0.1) is 5.82 Å². The Morgan fingerprint density at radius 1 is 0.784 bits per heavy atom. The highest BCUT2D eigenvalue weighted by Gasteiger charge is 2.29. The highest BCUT2D eigenvalue weighted by molar-refractivity contribution is 7.98. The van der Waals surface area contributed by atoms with E-state index in [0.717, 1.165) is 26.4 Å². The number of sulfonamides is 1. The van der Waals surface area contributed by atoms with Gasteiger partial charge in [-0.05, 0) is 59.8 Å². The lowest BCUT2D eigenvalue weighted by molar-refractivity contribution is -0.130.